The quantitative estimate of drug-likeness (QED) is 0.497. The maximum atomic E-state index is 12.8. The van der Waals surface area contributed by atoms with Crippen LogP contribution in [0.25, 0.3) is 11.3 Å². The fourth-order valence-electron chi connectivity index (χ4n) is 2.94. The molecule has 1 fully saturated rings. The van der Waals surface area contributed by atoms with Crippen molar-refractivity contribution in [2.24, 2.45) is 0 Å². The van der Waals surface area contributed by atoms with Gasteiger partial charge in [-0.25, -0.2) is 0 Å². The molecule has 3 rings (SSSR count). The summed E-state index contributed by atoms with van der Waals surface area (Å²) in [4.78, 5) is 2.38. The molecule has 1 aliphatic heterocycles. The van der Waals surface area contributed by atoms with Crippen molar-refractivity contribution in [3.63, 3.8) is 0 Å². The number of nitrogens with one attached hydrogen (secondary N) is 1. The number of benzene rings is 1. The first kappa shape index (κ1) is 24.8. The van der Waals surface area contributed by atoms with Gasteiger partial charge in [0.25, 0.3) is 0 Å². The predicted molar refractivity (Wildman–Crippen MR) is 92.7 cm³/mol. The zero-order valence-corrected chi connectivity index (χ0v) is 16.8. The highest BCUT2D eigenvalue weighted by Crippen LogP contribution is 2.32. The summed E-state index contributed by atoms with van der Waals surface area (Å²) in [5, 5.41) is 3.31. The third kappa shape index (κ3) is 7.29. The summed E-state index contributed by atoms with van der Waals surface area (Å²) in [5.74, 6) is 1.16. The SMILES string of the molecule is FC(F)(F)c1cccc(-c2ccc(CNCCCN3CCOCC3)o2)c1.[Cl-].[Cl-]. The van der Waals surface area contributed by atoms with Gasteiger partial charge in [0.2, 0.25) is 0 Å². The van der Waals surface area contributed by atoms with Gasteiger partial charge in [0.05, 0.1) is 25.3 Å². The maximum absolute atomic E-state index is 12.8. The molecule has 0 aliphatic carbocycles. The molecule has 9 heteroatoms. The lowest BCUT2D eigenvalue weighted by molar-refractivity contribution is -0.137. The van der Waals surface area contributed by atoms with E-state index in [2.05, 4.69) is 10.2 Å². The fraction of sp³-hybridized carbons (Fsp3) is 0.474. The number of furan rings is 1. The summed E-state index contributed by atoms with van der Waals surface area (Å²) in [5.41, 5.74) is -0.243. The first-order valence-electron chi connectivity index (χ1n) is 8.79. The Morgan fingerprint density at radius 2 is 1.79 bits per heavy atom. The molecule has 0 radical (unpaired) electrons. The average molecular weight is 439 g/mol. The zero-order chi connectivity index (χ0) is 18.4. The van der Waals surface area contributed by atoms with Crippen LogP contribution in [-0.2, 0) is 17.5 Å². The number of nitrogens with zero attached hydrogens (tertiary/aromatic N) is 1. The number of hydrogen-bond acceptors (Lipinski definition) is 4. The number of ether oxygens (including phenoxy) is 1. The Hall–Kier alpha value is -1.25. The van der Waals surface area contributed by atoms with Crippen LogP contribution in [0.4, 0.5) is 13.2 Å². The van der Waals surface area contributed by atoms with E-state index in [1.54, 1.807) is 18.2 Å². The van der Waals surface area contributed by atoms with Crippen molar-refractivity contribution in [1.29, 1.82) is 0 Å². The van der Waals surface area contributed by atoms with Gasteiger partial charge in [-0.2, -0.15) is 13.2 Å². The van der Waals surface area contributed by atoms with E-state index in [9.17, 15) is 13.2 Å². The fourth-order valence-corrected chi connectivity index (χ4v) is 2.94. The Morgan fingerprint density at radius 3 is 2.50 bits per heavy atom. The highest BCUT2D eigenvalue weighted by Gasteiger charge is 2.30. The lowest BCUT2D eigenvalue weighted by atomic mass is 10.1. The van der Waals surface area contributed by atoms with Crippen LogP contribution in [0, 0.1) is 0 Å². The van der Waals surface area contributed by atoms with Crippen LogP contribution >= 0.6 is 0 Å². The summed E-state index contributed by atoms with van der Waals surface area (Å²) in [6, 6.07) is 8.68. The highest BCUT2D eigenvalue weighted by atomic mass is 35.5. The molecule has 4 nitrogen and oxygen atoms in total. The third-order valence-corrected chi connectivity index (χ3v) is 4.37. The van der Waals surface area contributed by atoms with Crippen molar-refractivity contribution in [2.45, 2.75) is 19.1 Å². The molecule has 1 aliphatic rings. The number of halogens is 5. The van der Waals surface area contributed by atoms with Gasteiger partial charge in [-0.1, -0.05) is 12.1 Å². The van der Waals surface area contributed by atoms with Gasteiger partial charge in [0.15, 0.2) is 0 Å². The van der Waals surface area contributed by atoms with E-state index >= 15 is 0 Å². The van der Waals surface area contributed by atoms with Gasteiger partial charge in [0.1, 0.15) is 11.5 Å². The molecule has 0 saturated carbocycles. The molecule has 0 amide bonds. The van der Waals surface area contributed by atoms with Crippen molar-refractivity contribution in [3.05, 3.63) is 47.7 Å². The zero-order valence-electron chi connectivity index (χ0n) is 15.3. The Morgan fingerprint density at radius 1 is 1.04 bits per heavy atom. The summed E-state index contributed by atoms with van der Waals surface area (Å²) >= 11 is 0. The molecular weight excluding hydrogens is 416 g/mol. The topological polar surface area (TPSA) is 37.6 Å². The van der Waals surface area contributed by atoms with Gasteiger partial charge in [-0.15, -0.1) is 0 Å². The molecule has 1 aromatic carbocycles. The number of morpholine rings is 1. The Kier molecular flexibility index (Phi) is 10.3. The molecule has 0 bridgehead atoms. The lowest BCUT2D eigenvalue weighted by Crippen LogP contribution is -3.00. The Balaban J connectivity index is 0.00000196. The molecule has 2 aromatic rings. The second kappa shape index (κ2) is 11.7. The standard InChI is InChI=1S/C19H23F3N2O2.2ClH/c20-19(21,22)16-4-1-3-15(13-16)18-6-5-17(26-18)14-23-7-2-8-24-9-11-25-12-10-24;;/h1,3-6,13,23H,2,7-12,14H2;2*1H/p-2. The molecule has 1 aromatic heterocycles. The van der Waals surface area contributed by atoms with E-state index in [0.717, 1.165) is 57.9 Å². The van der Waals surface area contributed by atoms with Crippen LogP contribution < -0.4 is 30.1 Å². The summed E-state index contributed by atoms with van der Waals surface area (Å²) < 4.78 is 49.4. The second-order valence-corrected chi connectivity index (χ2v) is 6.33. The van der Waals surface area contributed by atoms with Crippen LogP contribution in [0.3, 0.4) is 0 Å². The number of hydrogen-bond donors (Lipinski definition) is 1. The van der Waals surface area contributed by atoms with E-state index in [1.165, 1.54) is 6.07 Å². The summed E-state index contributed by atoms with van der Waals surface area (Å²) in [6.45, 7) is 6.02. The first-order valence-corrected chi connectivity index (χ1v) is 8.79. The Bertz CT molecular complexity index is 704. The lowest BCUT2D eigenvalue weighted by Gasteiger charge is -2.26. The number of rotatable bonds is 7. The van der Waals surface area contributed by atoms with Crippen LogP contribution in [0.15, 0.2) is 40.8 Å². The van der Waals surface area contributed by atoms with E-state index < -0.39 is 11.7 Å². The van der Waals surface area contributed by atoms with Crippen LogP contribution in [0.1, 0.15) is 17.7 Å². The van der Waals surface area contributed by atoms with Crippen molar-refractivity contribution in [3.8, 4) is 11.3 Å². The van der Waals surface area contributed by atoms with Crippen molar-refractivity contribution < 1.29 is 47.1 Å². The number of alkyl halides is 3. The van der Waals surface area contributed by atoms with E-state index in [1.807, 2.05) is 0 Å². The molecule has 28 heavy (non-hydrogen) atoms. The first-order chi connectivity index (χ1) is 12.5. The molecule has 0 atom stereocenters. The largest absolute Gasteiger partial charge is 1.00 e. The maximum Gasteiger partial charge on any atom is 0.416 e. The molecule has 1 saturated heterocycles. The summed E-state index contributed by atoms with van der Waals surface area (Å²) in [6.07, 6.45) is -3.32. The molecule has 2 heterocycles. The second-order valence-electron chi connectivity index (χ2n) is 6.33. The van der Waals surface area contributed by atoms with Gasteiger partial charge >= 0.3 is 6.18 Å². The normalized spacial score (nSPS) is 15.0. The van der Waals surface area contributed by atoms with Crippen molar-refractivity contribution in [2.75, 3.05) is 39.4 Å². The van der Waals surface area contributed by atoms with Crippen molar-refractivity contribution >= 4 is 0 Å². The van der Waals surface area contributed by atoms with Gasteiger partial charge in [0, 0.05) is 18.7 Å². The van der Waals surface area contributed by atoms with E-state index in [4.69, 9.17) is 9.15 Å². The highest BCUT2D eigenvalue weighted by molar-refractivity contribution is 5.58. The van der Waals surface area contributed by atoms with Gasteiger partial charge in [-0.05, 0) is 43.8 Å². The van der Waals surface area contributed by atoms with E-state index in [0.29, 0.717) is 23.6 Å². The molecular formula is C19H23Cl2F3N2O2-2. The van der Waals surface area contributed by atoms with Gasteiger partial charge < -0.3 is 39.3 Å². The molecule has 158 valence electrons. The summed E-state index contributed by atoms with van der Waals surface area (Å²) in [7, 11) is 0. The van der Waals surface area contributed by atoms with Gasteiger partial charge in [-0.3, -0.25) is 4.90 Å². The molecule has 0 unspecified atom stereocenters. The molecule has 1 N–H and O–H groups in total. The average Bonchev–Trinajstić information content (AvgIpc) is 3.11. The minimum Gasteiger partial charge on any atom is -1.00 e. The van der Waals surface area contributed by atoms with Crippen molar-refractivity contribution in [1.82, 2.24) is 10.2 Å². The predicted octanol–water partition coefficient (Wildman–Crippen LogP) is -2.21. The third-order valence-electron chi connectivity index (χ3n) is 4.37. The molecule has 0 spiro atoms. The van der Waals surface area contributed by atoms with E-state index in [-0.39, 0.29) is 24.8 Å². The minimum absolute atomic E-state index is 0. The smallest absolute Gasteiger partial charge is 0.416 e. The van der Waals surface area contributed by atoms with Crippen LogP contribution in [-0.4, -0.2) is 44.3 Å². The Labute approximate surface area is 175 Å². The van der Waals surface area contributed by atoms with Crippen LogP contribution in [0.5, 0.6) is 0 Å². The minimum atomic E-state index is -4.35. The monoisotopic (exact) mass is 438 g/mol. The van der Waals surface area contributed by atoms with Crippen LogP contribution in [0.2, 0.25) is 0 Å².